The fourth-order valence-corrected chi connectivity index (χ4v) is 2.42. The van der Waals surface area contributed by atoms with E-state index in [1.165, 1.54) is 0 Å². The van der Waals surface area contributed by atoms with Crippen molar-refractivity contribution in [3.63, 3.8) is 0 Å². The van der Waals surface area contributed by atoms with Crippen LogP contribution in [0.1, 0.15) is 24.5 Å². The Labute approximate surface area is 124 Å². The first kappa shape index (κ1) is 15.6. The van der Waals surface area contributed by atoms with Crippen LogP contribution < -0.4 is 5.32 Å². The van der Waals surface area contributed by atoms with Gasteiger partial charge in [0.05, 0.1) is 0 Å². The Balaban J connectivity index is 2.00. The molecule has 1 atom stereocenters. The molecule has 112 valence electrons. The molecule has 2 aromatic rings. The van der Waals surface area contributed by atoms with E-state index in [1.807, 2.05) is 25.3 Å². The van der Waals surface area contributed by atoms with Gasteiger partial charge in [-0.05, 0) is 49.1 Å². The third-order valence-electron chi connectivity index (χ3n) is 3.49. The Morgan fingerprint density at radius 1 is 1.19 bits per heavy atom. The molecule has 0 saturated carbocycles. The highest BCUT2D eigenvalue weighted by atomic mass is 19.2. The number of hydrogen-bond donors (Lipinski definition) is 1. The molecule has 2 rings (SSSR count). The fourth-order valence-electron chi connectivity index (χ4n) is 2.42. The molecule has 0 spiro atoms. The van der Waals surface area contributed by atoms with Crippen molar-refractivity contribution in [2.24, 2.45) is 0 Å². The van der Waals surface area contributed by atoms with Gasteiger partial charge < -0.3 is 5.32 Å². The molecule has 0 radical (unpaired) electrons. The number of aryl methyl sites for hydroxylation is 1. The lowest BCUT2D eigenvalue weighted by molar-refractivity contribution is 0.461. The van der Waals surface area contributed by atoms with Crippen LogP contribution in [0.3, 0.4) is 0 Å². The highest BCUT2D eigenvalue weighted by Crippen LogP contribution is 2.15. The second-order valence-electron chi connectivity index (χ2n) is 5.07. The van der Waals surface area contributed by atoms with Gasteiger partial charge in [-0.3, -0.25) is 4.98 Å². The van der Waals surface area contributed by atoms with Crippen molar-refractivity contribution < 1.29 is 8.78 Å². The van der Waals surface area contributed by atoms with Crippen molar-refractivity contribution >= 4 is 0 Å². The number of likely N-dealkylation sites (N-methyl/N-ethyl adjacent to an activating group) is 1. The van der Waals surface area contributed by atoms with E-state index in [2.05, 4.69) is 10.3 Å². The lowest BCUT2D eigenvalue weighted by Crippen LogP contribution is -2.31. The predicted molar refractivity (Wildman–Crippen MR) is 80.1 cm³/mol. The van der Waals surface area contributed by atoms with Gasteiger partial charge in [-0.15, -0.1) is 0 Å². The Morgan fingerprint density at radius 3 is 2.76 bits per heavy atom. The Kier molecular flexibility index (Phi) is 5.81. The number of pyridine rings is 1. The van der Waals surface area contributed by atoms with Crippen LogP contribution in [0.5, 0.6) is 0 Å². The molecule has 0 aliphatic carbocycles. The van der Waals surface area contributed by atoms with E-state index in [-0.39, 0.29) is 6.04 Å². The summed E-state index contributed by atoms with van der Waals surface area (Å²) in [6.07, 6.45) is 5.79. The topological polar surface area (TPSA) is 24.9 Å². The van der Waals surface area contributed by atoms with E-state index in [9.17, 15) is 8.78 Å². The summed E-state index contributed by atoms with van der Waals surface area (Å²) >= 11 is 0. The Bertz CT molecular complexity index is 558. The van der Waals surface area contributed by atoms with Crippen LogP contribution in [0.25, 0.3) is 0 Å². The van der Waals surface area contributed by atoms with Gasteiger partial charge in [0.15, 0.2) is 11.6 Å². The number of aromatic nitrogens is 1. The summed E-state index contributed by atoms with van der Waals surface area (Å²) in [7, 11) is 0. The zero-order chi connectivity index (χ0) is 15.1. The Hall–Kier alpha value is -1.81. The number of rotatable bonds is 7. The van der Waals surface area contributed by atoms with Crippen LogP contribution in [0.15, 0.2) is 42.7 Å². The van der Waals surface area contributed by atoms with Crippen molar-refractivity contribution in [2.75, 3.05) is 6.54 Å². The summed E-state index contributed by atoms with van der Waals surface area (Å²) in [5.41, 5.74) is 1.58. The number of benzene rings is 1. The predicted octanol–water partition coefficient (Wildman–Crippen LogP) is 3.51. The lowest BCUT2D eigenvalue weighted by atomic mass is 9.99. The fraction of sp³-hybridized carbons (Fsp3) is 0.353. The second-order valence-corrected chi connectivity index (χ2v) is 5.07. The van der Waals surface area contributed by atoms with Gasteiger partial charge >= 0.3 is 0 Å². The molecule has 0 aliphatic heterocycles. The largest absolute Gasteiger partial charge is 0.314 e. The molecule has 2 nitrogen and oxygen atoms in total. The van der Waals surface area contributed by atoms with E-state index in [0.717, 1.165) is 31.0 Å². The SMILES string of the molecule is CCNC(CCc1cccnc1)Cc1cccc(F)c1F. The van der Waals surface area contributed by atoms with Gasteiger partial charge in [-0.2, -0.15) is 0 Å². The molecule has 1 heterocycles. The highest BCUT2D eigenvalue weighted by molar-refractivity contribution is 5.20. The summed E-state index contributed by atoms with van der Waals surface area (Å²) in [5, 5.41) is 3.34. The molecule has 1 unspecified atom stereocenters. The molecule has 0 amide bonds. The van der Waals surface area contributed by atoms with Crippen LogP contribution >= 0.6 is 0 Å². The minimum absolute atomic E-state index is 0.117. The smallest absolute Gasteiger partial charge is 0.162 e. The van der Waals surface area contributed by atoms with Gasteiger partial charge in [-0.1, -0.05) is 25.1 Å². The monoisotopic (exact) mass is 290 g/mol. The summed E-state index contributed by atoms with van der Waals surface area (Å²) < 4.78 is 27.0. The van der Waals surface area contributed by atoms with Gasteiger partial charge in [0.2, 0.25) is 0 Å². The maximum atomic E-state index is 13.8. The van der Waals surface area contributed by atoms with Crippen LogP contribution in [-0.4, -0.2) is 17.6 Å². The van der Waals surface area contributed by atoms with E-state index in [4.69, 9.17) is 0 Å². The summed E-state index contributed by atoms with van der Waals surface area (Å²) in [6.45, 7) is 2.81. The summed E-state index contributed by atoms with van der Waals surface area (Å²) in [5.74, 6) is -1.52. The summed E-state index contributed by atoms with van der Waals surface area (Å²) in [6, 6.07) is 8.40. The van der Waals surface area contributed by atoms with Crippen LogP contribution in [0.4, 0.5) is 8.78 Å². The van der Waals surface area contributed by atoms with Crippen molar-refractivity contribution in [3.05, 3.63) is 65.5 Å². The molecule has 4 heteroatoms. The van der Waals surface area contributed by atoms with E-state index >= 15 is 0 Å². The van der Waals surface area contributed by atoms with Crippen molar-refractivity contribution in [2.45, 2.75) is 32.2 Å². The van der Waals surface area contributed by atoms with Gasteiger partial charge in [0.1, 0.15) is 0 Å². The average Bonchev–Trinajstić information content (AvgIpc) is 2.50. The lowest BCUT2D eigenvalue weighted by Gasteiger charge is -2.18. The number of hydrogen-bond acceptors (Lipinski definition) is 2. The van der Waals surface area contributed by atoms with E-state index in [1.54, 1.807) is 18.3 Å². The van der Waals surface area contributed by atoms with Crippen LogP contribution in [0, 0.1) is 11.6 Å². The van der Waals surface area contributed by atoms with Crippen molar-refractivity contribution in [1.82, 2.24) is 10.3 Å². The maximum absolute atomic E-state index is 13.8. The van der Waals surface area contributed by atoms with Crippen molar-refractivity contribution in [1.29, 1.82) is 0 Å². The molecule has 0 aliphatic rings. The second kappa shape index (κ2) is 7.84. The first-order valence-corrected chi connectivity index (χ1v) is 7.26. The highest BCUT2D eigenvalue weighted by Gasteiger charge is 2.14. The average molecular weight is 290 g/mol. The molecular formula is C17H20F2N2. The number of nitrogens with one attached hydrogen (secondary N) is 1. The number of halogens is 2. The third-order valence-corrected chi connectivity index (χ3v) is 3.49. The van der Waals surface area contributed by atoms with Crippen LogP contribution in [-0.2, 0) is 12.8 Å². The molecule has 0 fully saturated rings. The molecular weight excluding hydrogens is 270 g/mol. The number of nitrogens with zero attached hydrogens (tertiary/aromatic N) is 1. The first-order valence-electron chi connectivity index (χ1n) is 7.26. The van der Waals surface area contributed by atoms with Crippen LogP contribution in [0.2, 0.25) is 0 Å². The molecule has 1 aromatic carbocycles. The quantitative estimate of drug-likeness (QED) is 0.844. The van der Waals surface area contributed by atoms with Gasteiger partial charge in [0.25, 0.3) is 0 Å². The molecule has 1 aromatic heterocycles. The molecule has 0 saturated heterocycles. The standard InChI is InChI=1S/C17H20F2N2/c1-2-21-15(9-8-13-5-4-10-20-12-13)11-14-6-3-7-16(18)17(14)19/h3-7,10,12,15,21H,2,8-9,11H2,1H3. The maximum Gasteiger partial charge on any atom is 0.162 e. The van der Waals surface area contributed by atoms with Gasteiger partial charge in [0, 0.05) is 18.4 Å². The third kappa shape index (κ3) is 4.60. The zero-order valence-electron chi connectivity index (χ0n) is 12.2. The minimum Gasteiger partial charge on any atom is -0.314 e. The normalized spacial score (nSPS) is 12.3. The molecule has 21 heavy (non-hydrogen) atoms. The van der Waals surface area contributed by atoms with E-state index in [0.29, 0.717) is 12.0 Å². The molecule has 0 bridgehead atoms. The molecule has 1 N–H and O–H groups in total. The van der Waals surface area contributed by atoms with Crippen molar-refractivity contribution in [3.8, 4) is 0 Å². The first-order chi connectivity index (χ1) is 10.2. The zero-order valence-corrected chi connectivity index (χ0v) is 12.2. The van der Waals surface area contributed by atoms with E-state index < -0.39 is 11.6 Å². The van der Waals surface area contributed by atoms with Gasteiger partial charge in [-0.25, -0.2) is 8.78 Å². The summed E-state index contributed by atoms with van der Waals surface area (Å²) in [4.78, 5) is 4.09. The Morgan fingerprint density at radius 2 is 2.05 bits per heavy atom. The minimum atomic E-state index is -0.782.